The standard InChI is InChI=1S/C55H79N9O8S/c1-32(2)28-40(57-49(67)39-16-10-22-56-39)53(70)63-25-13-19-44(63)54(71)62-24-12-18-43(62)50(68)58-41(29-33(3)4)52(69)61-23-11-17-42(61)47(66)36-20-26-60(27-21-36)55(72)46-48(34(5)6)73-51(59-46)45-30-37-14-8-9-15-38(37)31-64(45)35(7)65/h8-9,14-15,32-34,36,39-45,56H,10-13,16-31H2,1-7H3,(H,57,67)(H,58,68)/t39-,40-,41-,42-,43-,44-,45-/m0/s1. The van der Waals surface area contributed by atoms with E-state index in [1.807, 2.05) is 58.6 Å². The molecule has 18 heteroatoms. The second-order valence-electron chi connectivity index (χ2n) is 22.6. The number of piperidine rings is 1. The zero-order valence-corrected chi connectivity index (χ0v) is 45.0. The number of nitrogens with one attached hydrogen (secondary N) is 3. The third-order valence-corrected chi connectivity index (χ3v) is 17.5. The van der Waals surface area contributed by atoms with Gasteiger partial charge in [-0.1, -0.05) is 65.8 Å². The summed E-state index contributed by atoms with van der Waals surface area (Å²) in [6.07, 6.45) is 7.22. The van der Waals surface area contributed by atoms with Gasteiger partial charge in [-0.3, -0.25) is 38.4 Å². The van der Waals surface area contributed by atoms with Crippen molar-refractivity contribution in [1.29, 1.82) is 0 Å². The Kier molecular flexibility index (Phi) is 17.4. The van der Waals surface area contributed by atoms with E-state index in [4.69, 9.17) is 4.98 Å². The summed E-state index contributed by atoms with van der Waals surface area (Å²) in [5.74, 6) is -1.85. The predicted molar refractivity (Wildman–Crippen MR) is 277 cm³/mol. The Balaban J connectivity index is 0.889. The van der Waals surface area contributed by atoms with E-state index in [2.05, 4.69) is 28.1 Å². The number of carbonyl (C=O) groups excluding carboxylic acids is 8. The van der Waals surface area contributed by atoms with Crippen LogP contribution in [0, 0.1) is 17.8 Å². The smallest absolute Gasteiger partial charge is 0.273 e. The summed E-state index contributed by atoms with van der Waals surface area (Å²) in [5, 5.41) is 9.99. The Morgan fingerprint density at radius 1 is 0.671 bits per heavy atom. The van der Waals surface area contributed by atoms with Crippen molar-refractivity contribution < 1.29 is 38.4 Å². The summed E-state index contributed by atoms with van der Waals surface area (Å²) in [4.78, 5) is 127. The maximum Gasteiger partial charge on any atom is 0.273 e. The monoisotopic (exact) mass is 1030 g/mol. The number of rotatable bonds is 16. The minimum Gasteiger partial charge on any atom is -0.343 e. The number of amides is 7. The number of nitrogens with zero attached hydrogens (tertiary/aromatic N) is 6. The van der Waals surface area contributed by atoms with E-state index in [9.17, 15) is 38.4 Å². The third-order valence-electron chi connectivity index (χ3n) is 16.1. The lowest BCUT2D eigenvalue weighted by Gasteiger charge is -2.36. The van der Waals surface area contributed by atoms with Gasteiger partial charge in [0, 0.05) is 57.0 Å². The molecule has 6 aliphatic heterocycles. The molecule has 17 nitrogen and oxygen atoms in total. The van der Waals surface area contributed by atoms with Gasteiger partial charge in [-0.2, -0.15) is 0 Å². The molecule has 0 spiro atoms. The van der Waals surface area contributed by atoms with E-state index >= 15 is 0 Å². The number of ketones is 1. The number of benzene rings is 1. The SMILES string of the molecule is CC(=O)N1Cc2ccccc2C[C@H]1c1nc(C(=O)N2CCC(C(=O)[C@@H]3CCCN3C(=O)[C@H](CC(C)C)NC(=O)[C@@H]3CCCN3C(=O)[C@@H]3CCCN3C(=O)[C@H](CC(C)C)NC(=O)[C@@H]3CCCN3)CC2)c(C(C)C)s1. The molecule has 1 aromatic carbocycles. The Morgan fingerprint density at radius 2 is 1.25 bits per heavy atom. The van der Waals surface area contributed by atoms with Gasteiger partial charge in [-0.25, -0.2) is 4.98 Å². The van der Waals surface area contributed by atoms with E-state index in [1.54, 1.807) is 26.5 Å². The number of likely N-dealkylation sites (tertiary alicyclic amines) is 4. The van der Waals surface area contributed by atoms with Crippen LogP contribution in [0.5, 0.6) is 0 Å². The van der Waals surface area contributed by atoms with Gasteiger partial charge in [0.15, 0.2) is 5.78 Å². The van der Waals surface area contributed by atoms with E-state index in [-0.39, 0.29) is 77.0 Å². The van der Waals surface area contributed by atoms with Crippen LogP contribution < -0.4 is 16.0 Å². The molecule has 6 aliphatic rings. The molecule has 2 aromatic rings. The first-order chi connectivity index (χ1) is 34.9. The van der Waals surface area contributed by atoms with E-state index in [0.29, 0.717) is 122 Å². The first-order valence-corrected chi connectivity index (χ1v) is 28.2. The molecule has 3 N–H and O–H groups in total. The summed E-state index contributed by atoms with van der Waals surface area (Å²) < 4.78 is 0. The summed E-state index contributed by atoms with van der Waals surface area (Å²) in [5.41, 5.74) is 2.71. The highest BCUT2D eigenvalue weighted by Gasteiger charge is 2.46. The Hall–Kier alpha value is -5.23. The van der Waals surface area contributed by atoms with Crippen LogP contribution in [0.2, 0.25) is 0 Å². The van der Waals surface area contributed by atoms with Crippen molar-refractivity contribution >= 4 is 58.5 Å². The van der Waals surface area contributed by atoms with Crippen molar-refractivity contribution in [2.75, 3.05) is 39.3 Å². The predicted octanol–water partition coefficient (Wildman–Crippen LogP) is 5.12. The number of carbonyl (C=O) groups is 8. The van der Waals surface area contributed by atoms with Crippen LogP contribution in [0.15, 0.2) is 24.3 Å². The minimum absolute atomic E-state index is 0.0121. The summed E-state index contributed by atoms with van der Waals surface area (Å²) >= 11 is 1.50. The fourth-order valence-corrected chi connectivity index (χ4v) is 13.4. The summed E-state index contributed by atoms with van der Waals surface area (Å²) in [6, 6.07) is 3.64. The molecule has 8 rings (SSSR count). The second kappa shape index (κ2) is 23.5. The van der Waals surface area contributed by atoms with Gasteiger partial charge < -0.3 is 40.4 Å². The molecule has 5 fully saturated rings. The summed E-state index contributed by atoms with van der Waals surface area (Å²) in [7, 11) is 0. The number of hydrogen-bond acceptors (Lipinski definition) is 11. The number of hydrogen-bond donors (Lipinski definition) is 3. The molecular formula is C55H79N9O8S. The number of thiazole rings is 1. The van der Waals surface area contributed by atoms with Crippen LogP contribution >= 0.6 is 11.3 Å². The number of Topliss-reactive ketones (excluding diaryl/α,β-unsaturated/α-hetero) is 1. The normalized spacial score (nSPS) is 24.4. The van der Waals surface area contributed by atoms with Crippen molar-refractivity contribution in [3.05, 3.63) is 51.0 Å². The average molecular weight is 1030 g/mol. The minimum atomic E-state index is -0.902. The van der Waals surface area contributed by atoms with E-state index < -0.39 is 36.1 Å². The van der Waals surface area contributed by atoms with Gasteiger partial charge in [-0.15, -0.1) is 11.3 Å². The third kappa shape index (κ3) is 12.0. The molecule has 0 unspecified atom stereocenters. The molecule has 0 saturated carbocycles. The quantitative estimate of drug-likeness (QED) is 0.203. The van der Waals surface area contributed by atoms with Gasteiger partial charge in [0.1, 0.15) is 34.9 Å². The topological polar surface area (TPSA) is 202 Å². The Labute approximate surface area is 435 Å². The molecule has 1 aromatic heterocycles. The van der Waals surface area contributed by atoms with Gasteiger partial charge in [0.25, 0.3) is 5.91 Å². The highest BCUT2D eigenvalue weighted by Crippen LogP contribution is 2.39. The lowest BCUT2D eigenvalue weighted by Crippen LogP contribution is -2.59. The maximum atomic E-state index is 14.6. The van der Waals surface area contributed by atoms with Crippen molar-refractivity contribution in [3.8, 4) is 0 Å². The van der Waals surface area contributed by atoms with Gasteiger partial charge in [0.05, 0.1) is 18.1 Å². The molecular weight excluding hydrogens is 947 g/mol. The largest absolute Gasteiger partial charge is 0.343 e. The molecule has 7 amide bonds. The average Bonchev–Trinajstić information content (AvgIpc) is 4.24. The molecule has 0 aliphatic carbocycles. The van der Waals surface area contributed by atoms with Crippen molar-refractivity contribution in [3.63, 3.8) is 0 Å². The van der Waals surface area contributed by atoms with E-state index in [0.717, 1.165) is 28.4 Å². The fraction of sp³-hybridized carbons (Fsp3) is 0.691. The van der Waals surface area contributed by atoms with Crippen molar-refractivity contribution in [1.82, 2.24) is 45.4 Å². The maximum absolute atomic E-state index is 14.6. The van der Waals surface area contributed by atoms with Gasteiger partial charge in [0.2, 0.25) is 35.4 Å². The van der Waals surface area contributed by atoms with Crippen LogP contribution in [0.3, 0.4) is 0 Å². The van der Waals surface area contributed by atoms with Crippen molar-refractivity contribution in [2.24, 2.45) is 17.8 Å². The van der Waals surface area contributed by atoms with Gasteiger partial charge >= 0.3 is 0 Å². The first-order valence-electron chi connectivity index (χ1n) is 27.3. The number of fused-ring (bicyclic) bond motifs is 1. The summed E-state index contributed by atoms with van der Waals surface area (Å²) in [6.45, 7) is 16.8. The first kappa shape index (κ1) is 54.0. The van der Waals surface area contributed by atoms with Crippen LogP contribution in [-0.2, 0) is 46.5 Å². The molecule has 73 heavy (non-hydrogen) atoms. The molecule has 5 saturated heterocycles. The van der Waals surface area contributed by atoms with Crippen LogP contribution in [0.1, 0.15) is 169 Å². The molecule has 0 radical (unpaired) electrons. The zero-order chi connectivity index (χ0) is 52.2. The molecule has 7 atom stereocenters. The highest BCUT2D eigenvalue weighted by molar-refractivity contribution is 7.12. The molecule has 0 bridgehead atoms. The molecule has 7 heterocycles. The lowest BCUT2D eigenvalue weighted by molar-refractivity contribution is -0.148. The van der Waals surface area contributed by atoms with Gasteiger partial charge in [-0.05, 0) is 119 Å². The Bertz CT molecular complexity index is 2390. The van der Waals surface area contributed by atoms with Crippen LogP contribution in [0.25, 0.3) is 0 Å². The second-order valence-corrected chi connectivity index (χ2v) is 23.7. The van der Waals surface area contributed by atoms with Crippen molar-refractivity contribution in [2.45, 2.75) is 187 Å². The van der Waals surface area contributed by atoms with Crippen LogP contribution in [-0.4, -0.2) is 152 Å². The zero-order valence-electron chi connectivity index (χ0n) is 44.2. The van der Waals surface area contributed by atoms with E-state index in [1.165, 1.54) is 16.9 Å². The highest BCUT2D eigenvalue weighted by atomic mass is 32.1. The number of aromatic nitrogens is 1. The molecule has 398 valence electrons. The fourth-order valence-electron chi connectivity index (χ4n) is 12.2. The van der Waals surface area contributed by atoms with Crippen LogP contribution in [0.4, 0.5) is 0 Å². The lowest BCUT2D eigenvalue weighted by atomic mass is 9.87. The Morgan fingerprint density at radius 3 is 1.84 bits per heavy atom.